The lowest BCUT2D eigenvalue weighted by atomic mass is 9.66. The highest BCUT2D eigenvalue weighted by Gasteiger charge is 2.51. The van der Waals surface area contributed by atoms with Gasteiger partial charge in [0.05, 0.1) is 5.41 Å². The van der Waals surface area contributed by atoms with Gasteiger partial charge in [-0.3, -0.25) is 0 Å². The molecule has 2 heteroatoms. The lowest BCUT2D eigenvalue weighted by Crippen LogP contribution is -2.32. The number of rotatable bonds is 2. The zero-order valence-electron chi connectivity index (χ0n) is 25.6. The van der Waals surface area contributed by atoms with E-state index < -0.39 is 5.41 Å². The van der Waals surface area contributed by atoms with Crippen molar-refractivity contribution in [3.8, 4) is 44.9 Å². The SMILES string of the molecule is Nc1ccc2c(c1)-c1c(-c3c4ccccc4c(-c4ccccc4)c4ccccc34)cccc1C21c2ccccc2Oc2ccccc21. The molecule has 1 aliphatic carbocycles. The number of ether oxygens (including phenoxy) is 1. The summed E-state index contributed by atoms with van der Waals surface area (Å²) < 4.78 is 6.58. The minimum atomic E-state index is -0.560. The number of anilines is 1. The Morgan fingerprint density at radius 3 is 1.55 bits per heavy atom. The van der Waals surface area contributed by atoms with Crippen LogP contribution in [0.2, 0.25) is 0 Å². The maximum Gasteiger partial charge on any atom is 0.132 e. The Morgan fingerprint density at radius 2 is 0.915 bits per heavy atom. The van der Waals surface area contributed by atoms with Crippen molar-refractivity contribution in [1.82, 2.24) is 0 Å². The summed E-state index contributed by atoms with van der Waals surface area (Å²) in [6.45, 7) is 0. The summed E-state index contributed by atoms with van der Waals surface area (Å²) in [7, 11) is 0. The molecule has 47 heavy (non-hydrogen) atoms. The summed E-state index contributed by atoms with van der Waals surface area (Å²) in [5.74, 6) is 1.77. The van der Waals surface area contributed by atoms with Crippen LogP contribution in [0.15, 0.2) is 164 Å². The normalized spacial score (nSPS) is 13.5. The van der Waals surface area contributed by atoms with Crippen LogP contribution in [-0.4, -0.2) is 0 Å². The molecular formula is C45H29NO. The fourth-order valence-electron chi connectivity index (χ4n) is 8.51. The quantitative estimate of drug-likeness (QED) is 0.158. The van der Waals surface area contributed by atoms with Crippen molar-refractivity contribution in [2.24, 2.45) is 0 Å². The molecule has 0 bridgehead atoms. The largest absolute Gasteiger partial charge is 0.457 e. The highest BCUT2D eigenvalue weighted by atomic mass is 16.5. The average molecular weight is 600 g/mol. The molecule has 0 unspecified atom stereocenters. The molecule has 2 N–H and O–H groups in total. The van der Waals surface area contributed by atoms with E-state index in [9.17, 15) is 0 Å². The second kappa shape index (κ2) is 9.69. The second-order valence-electron chi connectivity index (χ2n) is 12.6. The first kappa shape index (κ1) is 26.1. The number of hydrogen-bond acceptors (Lipinski definition) is 2. The van der Waals surface area contributed by atoms with Crippen LogP contribution in [0.25, 0.3) is 54.9 Å². The van der Waals surface area contributed by atoms with E-state index >= 15 is 0 Å². The van der Waals surface area contributed by atoms with E-state index in [4.69, 9.17) is 10.5 Å². The van der Waals surface area contributed by atoms with Crippen LogP contribution >= 0.6 is 0 Å². The predicted octanol–water partition coefficient (Wildman–Crippen LogP) is 11.4. The van der Waals surface area contributed by atoms with Crippen LogP contribution in [0.5, 0.6) is 11.5 Å². The molecule has 1 heterocycles. The number of hydrogen-bond donors (Lipinski definition) is 1. The Hall–Kier alpha value is -6.12. The molecule has 2 aliphatic rings. The molecule has 0 aromatic heterocycles. The molecule has 0 radical (unpaired) electrons. The van der Waals surface area contributed by atoms with Crippen molar-refractivity contribution in [3.05, 3.63) is 186 Å². The molecule has 1 spiro atoms. The highest BCUT2D eigenvalue weighted by Crippen LogP contribution is 2.64. The van der Waals surface area contributed by atoms with Gasteiger partial charge in [-0.1, -0.05) is 140 Å². The minimum absolute atomic E-state index is 0.560. The maximum atomic E-state index is 6.62. The van der Waals surface area contributed by atoms with Crippen molar-refractivity contribution in [1.29, 1.82) is 0 Å². The van der Waals surface area contributed by atoms with Gasteiger partial charge in [-0.05, 0) is 90.3 Å². The summed E-state index contributed by atoms with van der Waals surface area (Å²) in [4.78, 5) is 0. The van der Waals surface area contributed by atoms with E-state index in [2.05, 4.69) is 158 Å². The first-order chi connectivity index (χ1) is 23.2. The van der Waals surface area contributed by atoms with Gasteiger partial charge < -0.3 is 10.5 Å². The fraction of sp³-hybridized carbons (Fsp3) is 0.0222. The second-order valence-corrected chi connectivity index (χ2v) is 12.6. The lowest BCUT2D eigenvalue weighted by Gasteiger charge is -2.39. The van der Waals surface area contributed by atoms with Gasteiger partial charge in [0.2, 0.25) is 0 Å². The molecule has 0 atom stereocenters. The van der Waals surface area contributed by atoms with Gasteiger partial charge in [-0.15, -0.1) is 0 Å². The summed E-state index contributed by atoms with van der Waals surface area (Å²) >= 11 is 0. The van der Waals surface area contributed by atoms with Gasteiger partial charge in [-0.2, -0.15) is 0 Å². The van der Waals surface area contributed by atoms with E-state index in [1.807, 2.05) is 6.07 Å². The minimum Gasteiger partial charge on any atom is -0.457 e. The van der Waals surface area contributed by atoms with Crippen LogP contribution in [0.1, 0.15) is 22.3 Å². The Balaban J connectivity index is 1.39. The standard InChI is InChI=1S/C45H29NO/c46-29-25-26-36-35(27-29)44-34(19-12-22-39(44)45(36)37-20-8-10-23-40(37)47-41-24-11-9-21-38(41)45)43-32-17-6-4-15-30(32)42(28-13-2-1-3-14-28)31-16-5-7-18-33(31)43/h1-27H,46H2. The zero-order valence-corrected chi connectivity index (χ0v) is 25.6. The Labute approximate surface area is 273 Å². The number of fused-ring (bicyclic) bond motifs is 11. The monoisotopic (exact) mass is 599 g/mol. The molecule has 1 aliphatic heterocycles. The van der Waals surface area contributed by atoms with Crippen molar-refractivity contribution in [2.45, 2.75) is 5.41 Å². The Kier molecular flexibility index (Phi) is 5.39. The van der Waals surface area contributed by atoms with Crippen LogP contribution < -0.4 is 10.5 Å². The molecule has 0 saturated heterocycles. The maximum absolute atomic E-state index is 6.62. The number of nitrogen functional groups attached to an aromatic ring is 1. The molecule has 2 nitrogen and oxygen atoms in total. The topological polar surface area (TPSA) is 35.2 Å². The first-order valence-corrected chi connectivity index (χ1v) is 16.1. The van der Waals surface area contributed by atoms with Crippen LogP contribution in [0.4, 0.5) is 5.69 Å². The van der Waals surface area contributed by atoms with Gasteiger partial charge in [0.25, 0.3) is 0 Å². The Morgan fingerprint density at radius 1 is 0.383 bits per heavy atom. The predicted molar refractivity (Wildman–Crippen MR) is 194 cm³/mol. The molecule has 220 valence electrons. The van der Waals surface area contributed by atoms with Crippen LogP contribution in [0, 0.1) is 0 Å². The molecule has 0 saturated carbocycles. The van der Waals surface area contributed by atoms with Gasteiger partial charge in [-0.25, -0.2) is 0 Å². The molecule has 0 fully saturated rings. The third-order valence-electron chi connectivity index (χ3n) is 10.3. The van der Waals surface area contributed by atoms with Gasteiger partial charge in [0.15, 0.2) is 0 Å². The van der Waals surface area contributed by atoms with E-state index in [1.165, 1.54) is 66.1 Å². The Bertz CT molecular complexity index is 2460. The van der Waals surface area contributed by atoms with Crippen molar-refractivity contribution >= 4 is 27.2 Å². The number of benzene rings is 8. The molecular weight excluding hydrogens is 571 g/mol. The van der Waals surface area contributed by atoms with Crippen molar-refractivity contribution < 1.29 is 4.74 Å². The van der Waals surface area contributed by atoms with E-state index in [0.29, 0.717) is 0 Å². The molecule has 10 rings (SSSR count). The van der Waals surface area contributed by atoms with E-state index in [0.717, 1.165) is 28.3 Å². The zero-order chi connectivity index (χ0) is 31.1. The first-order valence-electron chi connectivity index (χ1n) is 16.1. The summed E-state index contributed by atoms with van der Waals surface area (Å²) in [5.41, 5.74) is 18.9. The number of para-hydroxylation sites is 2. The summed E-state index contributed by atoms with van der Waals surface area (Å²) in [6.07, 6.45) is 0. The third-order valence-corrected chi connectivity index (χ3v) is 10.3. The summed E-state index contributed by atoms with van der Waals surface area (Å²) in [6, 6.07) is 58.9. The van der Waals surface area contributed by atoms with Gasteiger partial charge in [0.1, 0.15) is 11.5 Å². The highest BCUT2D eigenvalue weighted by molar-refractivity contribution is 6.23. The van der Waals surface area contributed by atoms with E-state index in [-0.39, 0.29) is 0 Å². The fourth-order valence-corrected chi connectivity index (χ4v) is 8.51. The number of nitrogens with two attached hydrogens (primary N) is 1. The van der Waals surface area contributed by atoms with Crippen molar-refractivity contribution in [2.75, 3.05) is 5.73 Å². The molecule has 8 aromatic rings. The van der Waals surface area contributed by atoms with Gasteiger partial charge in [0, 0.05) is 16.8 Å². The van der Waals surface area contributed by atoms with Gasteiger partial charge >= 0.3 is 0 Å². The van der Waals surface area contributed by atoms with Crippen LogP contribution in [0.3, 0.4) is 0 Å². The summed E-state index contributed by atoms with van der Waals surface area (Å²) in [5, 5.41) is 4.95. The van der Waals surface area contributed by atoms with E-state index in [1.54, 1.807) is 0 Å². The molecule has 8 aromatic carbocycles. The molecule has 0 amide bonds. The third kappa shape index (κ3) is 3.45. The average Bonchev–Trinajstić information content (AvgIpc) is 3.41. The van der Waals surface area contributed by atoms with Crippen LogP contribution in [-0.2, 0) is 5.41 Å². The smallest absolute Gasteiger partial charge is 0.132 e. The lowest BCUT2D eigenvalue weighted by molar-refractivity contribution is 0.436. The van der Waals surface area contributed by atoms with Crippen molar-refractivity contribution in [3.63, 3.8) is 0 Å².